The molecule has 0 saturated heterocycles. The molecule has 1 amide bonds. The molecular weight excluding hydrogens is 204 g/mol. The molecule has 0 aliphatic rings. The summed E-state index contributed by atoms with van der Waals surface area (Å²) < 4.78 is 0. The molecule has 0 saturated carbocycles. The molecule has 2 N–H and O–H groups in total. The van der Waals surface area contributed by atoms with Crippen LogP contribution in [0.4, 0.5) is 0 Å². The first kappa shape index (κ1) is 12.4. The van der Waals surface area contributed by atoms with E-state index in [0.717, 1.165) is 5.56 Å². The van der Waals surface area contributed by atoms with Crippen LogP contribution in [0.1, 0.15) is 15.9 Å². The smallest absolute Gasteiger partial charge is 0.231 e. The summed E-state index contributed by atoms with van der Waals surface area (Å²) in [5, 5.41) is 0. The minimum atomic E-state index is -0.430. The number of hydrogen-bond acceptors (Lipinski definition) is 3. The molecule has 0 fully saturated rings. The maximum Gasteiger partial charge on any atom is 0.231 e. The summed E-state index contributed by atoms with van der Waals surface area (Å²) in [6, 6.07) is 7.39. The second-order valence-corrected chi connectivity index (χ2v) is 3.88. The maximum atomic E-state index is 11.9. The van der Waals surface area contributed by atoms with E-state index in [1.165, 1.54) is 0 Å². The van der Waals surface area contributed by atoms with E-state index in [1.807, 2.05) is 25.1 Å². The third-order valence-corrected chi connectivity index (χ3v) is 2.28. The number of primary amides is 1. The van der Waals surface area contributed by atoms with Gasteiger partial charge in [0.2, 0.25) is 5.91 Å². The Labute approximate surface area is 95.0 Å². The first-order valence-corrected chi connectivity index (χ1v) is 5.06. The largest absolute Gasteiger partial charge is 0.369 e. The molecular formula is C12H16N2O2. The molecule has 0 aliphatic heterocycles. The zero-order chi connectivity index (χ0) is 12.1. The van der Waals surface area contributed by atoms with Gasteiger partial charge in [-0.1, -0.05) is 24.3 Å². The Morgan fingerprint density at radius 2 is 1.88 bits per heavy atom. The van der Waals surface area contributed by atoms with Crippen LogP contribution in [0.2, 0.25) is 0 Å². The van der Waals surface area contributed by atoms with Crippen LogP contribution >= 0.6 is 0 Å². The number of rotatable bonds is 5. The number of Topliss-reactive ketones (excluding diaryl/α,β-unsaturated/α-hetero) is 1. The van der Waals surface area contributed by atoms with Crippen LogP contribution in [0.3, 0.4) is 0 Å². The number of amides is 1. The van der Waals surface area contributed by atoms with Crippen molar-refractivity contribution < 1.29 is 9.59 Å². The molecule has 0 unspecified atom stereocenters. The lowest BCUT2D eigenvalue weighted by molar-refractivity contribution is -0.118. The normalized spacial score (nSPS) is 10.4. The van der Waals surface area contributed by atoms with Crippen LogP contribution in [-0.2, 0) is 4.79 Å². The predicted octanol–water partition coefficient (Wildman–Crippen LogP) is 0.595. The molecule has 0 radical (unpaired) electrons. The van der Waals surface area contributed by atoms with Gasteiger partial charge in [-0.25, -0.2) is 0 Å². The topological polar surface area (TPSA) is 63.4 Å². The van der Waals surface area contributed by atoms with Crippen LogP contribution < -0.4 is 5.73 Å². The minimum Gasteiger partial charge on any atom is -0.369 e. The average Bonchev–Trinajstić information content (AvgIpc) is 2.16. The fourth-order valence-electron chi connectivity index (χ4n) is 1.54. The van der Waals surface area contributed by atoms with E-state index in [9.17, 15) is 9.59 Å². The van der Waals surface area contributed by atoms with E-state index in [0.29, 0.717) is 5.56 Å². The molecule has 0 atom stereocenters. The number of ketones is 1. The quantitative estimate of drug-likeness (QED) is 0.739. The van der Waals surface area contributed by atoms with E-state index in [1.54, 1.807) is 18.0 Å². The molecule has 4 nitrogen and oxygen atoms in total. The van der Waals surface area contributed by atoms with Crippen molar-refractivity contribution in [3.8, 4) is 0 Å². The van der Waals surface area contributed by atoms with Gasteiger partial charge in [-0.2, -0.15) is 0 Å². The molecule has 4 heteroatoms. The second kappa shape index (κ2) is 5.42. The van der Waals surface area contributed by atoms with Crippen LogP contribution in [0.5, 0.6) is 0 Å². The molecule has 0 bridgehead atoms. The third kappa shape index (κ3) is 3.47. The summed E-state index contributed by atoms with van der Waals surface area (Å²) in [6.07, 6.45) is 0. The summed E-state index contributed by atoms with van der Waals surface area (Å²) in [5.41, 5.74) is 6.68. The Balaban J connectivity index is 2.66. The van der Waals surface area contributed by atoms with Gasteiger partial charge in [-0.3, -0.25) is 14.5 Å². The van der Waals surface area contributed by atoms with E-state index in [2.05, 4.69) is 0 Å². The van der Waals surface area contributed by atoms with Crippen molar-refractivity contribution in [2.24, 2.45) is 5.73 Å². The summed E-state index contributed by atoms with van der Waals surface area (Å²) >= 11 is 0. The number of aryl methyl sites for hydroxylation is 1. The number of benzene rings is 1. The molecule has 1 aromatic carbocycles. The number of carbonyl (C=O) groups is 2. The van der Waals surface area contributed by atoms with Crippen molar-refractivity contribution in [2.75, 3.05) is 20.1 Å². The van der Waals surface area contributed by atoms with Gasteiger partial charge in [-0.15, -0.1) is 0 Å². The maximum absolute atomic E-state index is 11.9. The molecule has 1 rings (SSSR count). The van der Waals surface area contributed by atoms with Crippen molar-refractivity contribution in [2.45, 2.75) is 6.92 Å². The Morgan fingerprint density at radius 3 is 2.44 bits per heavy atom. The Kier molecular flexibility index (Phi) is 4.19. The average molecular weight is 220 g/mol. The van der Waals surface area contributed by atoms with E-state index < -0.39 is 5.91 Å². The van der Waals surface area contributed by atoms with E-state index in [4.69, 9.17) is 5.73 Å². The fraction of sp³-hybridized carbons (Fsp3) is 0.333. The Hall–Kier alpha value is -1.68. The van der Waals surface area contributed by atoms with Gasteiger partial charge in [0.15, 0.2) is 5.78 Å². The van der Waals surface area contributed by atoms with E-state index >= 15 is 0 Å². The highest BCUT2D eigenvalue weighted by molar-refractivity contribution is 5.99. The van der Waals surface area contributed by atoms with Gasteiger partial charge >= 0.3 is 0 Å². The van der Waals surface area contributed by atoms with Crippen molar-refractivity contribution in [3.05, 3.63) is 35.4 Å². The van der Waals surface area contributed by atoms with Crippen LogP contribution in [0, 0.1) is 6.92 Å². The molecule has 0 heterocycles. The molecule has 1 aromatic rings. The highest BCUT2D eigenvalue weighted by Crippen LogP contribution is 2.08. The van der Waals surface area contributed by atoms with Crippen molar-refractivity contribution in [1.29, 1.82) is 0 Å². The van der Waals surface area contributed by atoms with Gasteiger partial charge in [0, 0.05) is 5.56 Å². The molecule has 0 spiro atoms. The minimum absolute atomic E-state index is 0.00171. The van der Waals surface area contributed by atoms with Gasteiger partial charge in [0.25, 0.3) is 0 Å². The van der Waals surface area contributed by atoms with Crippen LogP contribution in [0.15, 0.2) is 24.3 Å². The summed E-state index contributed by atoms with van der Waals surface area (Å²) in [5.74, 6) is -0.429. The highest BCUT2D eigenvalue weighted by Gasteiger charge is 2.12. The lowest BCUT2D eigenvalue weighted by Gasteiger charge is -2.14. The molecule has 0 aliphatic carbocycles. The predicted molar refractivity (Wildman–Crippen MR) is 62.2 cm³/mol. The summed E-state index contributed by atoms with van der Waals surface area (Å²) in [4.78, 5) is 24.1. The Bertz CT molecular complexity index is 402. The molecule has 0 aromatic heterocycles. The number of hydrogen-bond donors (Lipinski definition) is 1. The summed E-state index contributed by atoms with van der Waals surface area (Å²) in [6.45, 7) is 2.19. The van der Waals surface area contributed by atoms with E-state index in [-0.39, 0.29) is 18.9 Å². The Morgan fingerprint density at radius 1 is 1.25 bits per heavy atom. The third-order valence-electron chi connectivity index (χ3n) is 2.28. The van der Waals surface area contributed by atoms with Gasteiger partial charge in [0.05, 0.1) is 13.1 Å². The fourth-order valence-corrected chi connectivity index (χ4v) is 1.54. The van der Waals surface area contributed by atoms with Crippen molar-refractivity contribution >= 4 is 11.7 Å². The second-order valence-electron chi connectivity index (χ2n) is 3.88. The summed E-state index contributed by atoms with van der Waals surface area (Å²) in [7, 11) is 1.70. The highest BCUT2D eigenvalue weighted by atomic mass is 16.1. The van der Waals surface area contributed by atoms with Crippen LogP contribution in [-0.4, -0.2) is 36.7 Å². The zero-order valence-electron chi connectivity index (χ0n) is 9.56. The number of nitrogens with two attached hydrogens (primary N) is 1. The number of nitrogens with zero attached hydrogens (tertiary/aromatic N) is 1. The number of carbonyl (C=O) groups excluding carboxylic acids is 2. The van der Waals surface area contributed by atoms with Gasteiger partial charge in [-0.05, 0) is 19.5 Å². The first-order chi connectivity index (χ1) is 7.50. The lowest BCUT2D eigenvalue weighted by atomic mass is 10.0. The lowest BCUT2D eigenvalue weighted by Crippen LogP contribution is -2.34. The molecule has 86 valence electrons. The van der Waals surface area contributed by atoms with Gasteiger partial charge in [0.1, 0.15) is 0 Å². The van der Waals surface area contributed by atoms with Gasteiger partial charge < -0.3 is 5.73 Å². The zero-order valence-corrected chi connectivity index (χ0v) is 9.56. The van der Waals surface area contributed by atoms with Crippen molar-refractivity contribution in [3.63, 3.8) is 0 Å². The SMILES string of the molecule is Cc1ccccc1C(=O)CN(C)CC(N)=O. The standard InChI is InChI=1S/C12H16N2O2/c1-9-5-3-4-6-10(9)11(15)7-14(2)8-12(13)16/h3-6H,7-8H2,1-2H3,(H2,13,16). The van der Waals surface area contributed by atoms with Crippen LogP contribution in [0.25, 0.3) is 0 Å². The molecule has 16 heavy (non-hydrogen) atoms. The first-order valence-electron chi connectivity index (χ1n) is 5.06. The number of likely N-dealkylation sites (N-methyl/N-ethyl adjacent to an activating group) is 1. The monoisotopic (exact) mass is 220 g/mol. The van der Waals surface area contributed by atoms with Crippen molar-refractivity contribution in [1.82, 2.24) is 4.90 Å².